The van der Waals surface area contributed by atoms with E-state index in [9.17, 15) is 4.79 Å². The number of aromatic nitrogens is 1. The van der Waals surface area contributed by atoms with E-state index in [1.807, 2.05) is 37.5 Å². The fourth-order valence-electron chi connectivity index (χ4n) is 2.25. The molecule has 0 atom stereocenters. The molecule has 1 aliphatic heterocycles. The molecule has 0 saturated carbocycles. The van der Waals surface area contributed by atoms with Crippen molar-refractivity contribution in [3.8, 4) is 11.5 Å². The predicted molar refractivity (Wildman–Crippen MR) is 91.0 cm³/mol. The molecule has 3 rings (SSSR count). The summed E-state index contributed by atoms with van der Waals surface area (Å²) in [6.07, 6.45) is 1.80. The number of benzene rings is 1. The van der Waals surface area contributed by atoms with E-state index in [1.54, 1.807) is 6.08 Å². The zero-order valence-electron chi connectivity index (χ0n) is 13.6. The van der Waals surface area contributed by atoms with Crippen molar-refractivity contribution < 1.29 is 14.3 Å². The topological polar surface area (TPSA) is 52.8 Å². The summed E-state index contributed by atoms with van der Waals surface area (Å²) in [7, 11) is 0. The smallest absolute Gasteiger partial charge is 0.253 e. The quantitative estimate of drug-likeness (QED) is 0.794. The van der Waals surface area contributed by atoms with Gasteiger partial charge in [-0.25, -0.2) is 0 Å². The number of ether oxygens (including phenoxy) is 2. The van der Waals surface area contributed by atoms with Gasteiger partial charge in [0.05, 0.1) is 10.2 Å². The fourth-order valence-corrected chi connectivity index (χ4v) is 3.30. The summed E-state index contributed by atoms with van der Waals surface area (Å²) < 4.78 is 14.3. The molecule has 0 fully saturated rings. The van der Waals surface area contributed by atoms with Crippen LogP contribution in [-0.2, 0) is 11.3 Å². The van der Waals surface area contributed by atoms with Crippen molar-refractivity contribution in [2.45, 2.75) is 27.3 Å². The second-order valence-corrected chi connectivity index (χ2v) is 7.42. The standard InChI is InChI=1S/C17H20N2O3S/c1-5-6-19-11-9-12-13(22-8-7-21-12)10-14(11)23-16(19)18-15(20)17(2,3)4/h5,9-10H,1,6-8H2,2-4H3. The van der Waals surface area contributed by atoms with Gasteiger partial charge in [0.1, 0.15) is 13.2 Å². The highest BCUT2D eigenvalue weighted by Gasteiger charge is 2.22. The Hall–Kier alpha value is -2.08. The maximum absolute atomic E-state index is 12.3. The Morgan fingerprint density at radius 3 is 2.61 bits per heavy atom. The van der Waals surface area contributed by atoms with Crippen molar-refractivity contribution in [3.63, 3.8) is 0 Å². The number of amides is 1. The van der Waals surface area contributed by atoms with Crippen molar-refractivity contribution in [3.05, 3.63) is 29.6 Å². The lowest BCUT2D eigenvalue weighted by atomic mass is 9.96. The summed E-state index contributed by atoms with van der Waals surface area (Å²) in [5.41, 5.74) is 0.466. The van der Waals surface area contributed by atoms with Crippen molar-refractivity contribution in [2.75, 3.05) is 13.2 Å². The van der Waals surface area contributed by atoms with Crippen LogP contribution in [0.25, 0.3) is 10.2 Å². The normalized spacial score (nSPS) is 15.0. The molecular weight excluding hydrogens is 312 g/mol. The molecule has 2 aromatic rings. The maximum Gasteiger partial charge on any atom is 0.253 e. The third kappa shape index (κ3) is 3.03. The van der Waals surface area contributed by atoms with Crippen LogP contribution in [-0.4, -0.2) is 23.7 Å². The number of hydrogen-bond acceptors (Lipinski definition) is 4. The molecule has 122 valence electrons. The van der Waals surface area contributed by atoms with Gasteiger partial charge in [-0.1, -0.05) is 38.2 Å². The molecule has 0 aliphatic carbocycles. The van der Waals surface area contributed by atoms with Crippen LogP contribution in [0.3, 0.4) is 0 Å². The average molecular weight is 332 g/mol. The van der Waals surface area contributed by atoms with E-state index in [1.165, 1.54) is 11.3 Å². The van der Waals surface area contributed by atoms with E-state index in [0.717, 1.165) is 21.7 Å². The van der Waals surface area contributed by atoms with Gasteiger partial charge in [-0.2, -0.15) is 4.99 Å². The van der Waals surface area contributed by atoms with E-state index in [-0.39, 0.29) is 5.91 Å². The second-order valence-electron chi connectivity index (χ2n) is 6.41. The molecule has 1 amide bonds. The number of nitrogens with zero attached hydrogens (tertiary/aromatic N) is 2. The number of carbonyl (C=O) groups excluding carboxylic acids is 1. The van der Waals surface area contributed by atoms with Crippen LogP contribution in [0.15, 0.2) is 29.8 Å². The van der Waals surface area contributed by atoms with Gasteiger partial charge in [0.25, 0.3) is 5.91 Å². The fraction of sp³-hybridized carbons (Fsp3) is 0.412. The minimum absolute atomic E-state index is 0.140. The molecule has 1 aromatic heterocycles. The van der Waals surface area contributed by atoms with Crippen LogP contribution in [0.2, 0.25) is 0 Å². The first-order valence-electron chi connectivity index (χ1n) is 7.53. The van der Waals surface area contributed by atoms with Gasteiger partial charge in [0.15, 0.2) is 16.3 Å². The first-order valence-corrected chi connectivity index (χ1v) is 8.35. The van der Waals surface area contributed by atoms with Crippen LogP contribution >= 0.6 is 11.3 Å². The SMILES string of the molecule is C=CCn1c(=NC(=O)C(C)(C)C)sc2cc3c(cc21)OCCO3. The lowest BCUT2D eigenvalue weighted by Gasteiger charge is -2.18. The van der Waals surface area contributed by atoms with Gasteiger partial charge in [-0.3, -0.25) is 4.79 Å². The average Bonchev–Trinajstić information content (AvgIpc) is 2.81. The highest BCUT2D eigenvalue weighted by Crippen LogP contribution is 2.35. The summed E-state index contributed by atoms with van der Waals surface area (Å²) >= 11 is 1.47. The number of rotatable bonds is 2. The molecule has 1 aliphatic rings. The molecule has 0 spiro atoms. The number of carbonyl (C=O) groups is 1. The van der Waals surface area contributed by atoms with Gasteiger partial charge in [0, 0.05) is 24.1 Å². The molecule has 2 heterocycles. The molecule has 0 bridgehead atoms. The summed E-state index contributed by atoms with van der Waals surface area (Å²) in [5.74, 6) is 1.33. The van der Waals surface area contributed by atoms with Crippen molar-refractivity contribution in [2.24, 2.45) is 10.4 Å². The molecule has 0 N–H and O–H groups in total. The first-order chi connectivity index (χ1) is 10.9. The largest absolute Gasteiger partial charge is 0.486 e. The molecule has 1 aromatic carbocycles. The van der Waals surface area contributed by atoms with Gasteiger partial charge in [-0.05, 0) is 0 Å². The van der Waals surface area contributed by atoms with Crippen LogP contribution in [0.5, 0.6) is 11.5 Å². The van der Waals surface area contributed by atoms with Crippen molar-refractivity contribution in [1.82, 2.24) is 4.57 Å². The monoisotopic (exact) mass is 332 g/mol. The van der Waals surface area contributed by atoms with E-state index in [2.05, 4.69) is 11.6 Å². The Morgan fingerprint density at radius 1 is 1.35 bits per heavy atom. The summed E-state index contributed by atoms with van der Waals surface area (Å²) in [6.45, 7) is 11.1. The third-order valence-electron chi connectivity index (χ3n) is 3.50. The van der Waals surface area contributed by atoms with E-state index in [4.69, 9.17) is 9.47 Å². The van der Waals surface area contributed by atoms with Gasteiger partial charge < -0.3 is 14.0 Å². The van der Waals surface area contributed by atoms with Gasteiger partial charge >= 0.3 is 0 Å². The number of thiazole rings is 1. The second kappa shape index (κ2) is 5.85. The Balaban J connectivity index is 2.21. The number of allylic oxidation sites excluding steroid dienone is 1. The lowest BCUT2D eigenvalue weighted by Crippen LogP contribution is -2.23. The zero-order valence-corrected chi connectivity index (χ0v) is 14.4. The summed E-state index contributed by atoms with van der Waals surface area (Å²) in [6, 6.07) is 3.90. The predicted octanol–water partition coefficient (Wildman–Crippen LogP) is 3.13. The van der Waals surface area contributed by atoms with Crippen LogP contribution < -0.4 is 14.3 Å². The maximum atomic E-state index is 12.3. The Kier molecular flexibility index (Phi) is 4.02. The van der Waals surface area contributed by atoms with E-state index in [0.29, 0.717) is 24.6 Å². The Labute approximate surface area is 138 Å². The van der Waals surface area contributed by atoms with Gasteiger partial charge in [0.2, 0.25) is 0 Å². The van der Waals surface area contributed by atoms with Crippen LogP contribution in [0, 0.1) is 5.41 Å². The first kappa shape index (κ1) is 15.8. The molecule has 23 heavy (non-hydrogen) atoms. The van der Waals surface area contributed by atoms with E-state index < -0.39 is 5.41 Å². The molecule has 0 radical (unpaired) electrons. The Morgan fingerprint density at radius 2 is 2.00 bits per heavy atom. The summed E-state index contributed by atoms with van der Waals surface area (Å²) in [5, 5.41) is 0. The minimum Gasteiger partial charge on any atom is -0.486 e. The zero-order chi connectivity index (χ0) is 16.6. The Bertz CT molecular complexity index is 840. The number of fused-ring (bicyclic) bond motifs is 2. The molecule has 6 heteroatoms. The molecule has 0 saturated heterocycles. The highest BCUT2D eigenvalue weighted by atomic mass is 32.1. The number of hydrogen-bond donors (Lipinski definition) is 0. The van der Waals surface area contributed by atoms with Gasteiger partial charge in [-0.15, -0.1) is 6.58 Å². The van der Waals surface area contributed by atoms with Crippen molar-refractivity contribution in [1.29, 1.82) is 0 Å². The lowest BCUT2D eigenvalue weighted by molar-refractivity contribution is -0.125. The molecule has 0 unspecified atom stereocenters. The van der Waals surface area contributed by atoms with Crippen LogP contribution in [0.1, 0.15) is 20.8 Å². The van der Waals surface area contributed by atoms with Crippen molar-refractivity contribution >= 4 is 27.5 Å². The summed E-state index contributed by atoms with van der Waals surface area (Å²) in [4.78, 5) is 17.3. The third-order valence-corrected chi connectivity index (χ3v) is 4.54. The molecule has 5 nitrogen and oxygen atoms in total. The molecular formula is C17H20N2O3S. The van der Waals surface area contributed by atoms with Crippen LogP contribution in [0.4, 0.5) is 0 Å². The van der Waals surface area contributed by atoms with E-state index >= 15 is 0 Å². The highest BCUT2D eigenvalue weighted by molar-refractivity contribution is 7.16. The minimum atomic E-state index is -0.506.